The highest BCUT2D eigenvalue weighted by Gasteiger charge is 2.21. The average molecular weight is 379 g/mol. The minimum atomic E-state index is -3.45. The van der Waals surface area contributed by atoms with E-state index in [9.17, 15) is 13.2 Å². The van der Waals surface area contributed by atoms with Crippen LogP contribution in [0.4, 0.5) is 0 Å². The fourth-order valence-electron chi connectivity index (χ4n) is 3.32. The van der Waals surface area contributed by atoms with Gasteiger partial charge in [-0.05, 0) is 50.3 Å². The van der Waals surface area contributed by atoms with Crippen LogP contribution in [0.15, 0.2) is 40.8 Å². The van der Waals surface area contributed by atoms with Crippen molar-refractivity contribution in [2.24, 2.45) is 0 Å². The summed E-state index contributed by atoms with van der Waals surface area (Å²) in [6.07, 6.45) is 7.33. The van der Waals surface area contributed by atoms with Crippen LogP contribution in [0.1, 0.15) is 64.5 Å². The number of nitrogens with zero attached hydrogens (tertiary/aromatic N) is 1. The average Bonchev–Trinajstić information content (AvgIpc) is 2.63. The Labute approximate surface area is 157 Å². The molecule has 1 atom stereocenters. The van der Waals surface area contributed by atoms with E-state index in [1.54, 1.807) is 30.3 Å². The molecule has 144 valence electrons. The number of nitrogens with one attached hydrogen (secondary N) is 1. The normalized spacial score (nSPS) is 16.4. The van der Waals surface area contributed by atoms with Crippen LogP contribution in [0, 0.1) is 0 Å². The van der Waals surface area contributed by atoms with Gasteiger partial charge >= 0.3 is 0 Å². The Morgan fingerprint density at radius 1 is 1.12 bits per heavy atom. The second-order valence-corrected chi connectivity index (χ2v) is 8.69. The molecule has 0 saturated heterocycles. The minimum Gasteiger partial charge on any atom is -0.346 e. The Bertz CT molecular complexity index is 727. The van der Waals surface area contributed by atoms with Gasteiger partial charge in [0.2, 0.25) is 15.9 Å². The van der Waals surface area contributed by atoms with Crippen molar-refractivity contribution in [3.05, 3.63) is 41.5 Å². The zero-order valence-corrected chi connectivity index (χ0v) is 16.8. The highest BCUT2D eigenvalue weighted by molar-refractivity contribution is 7.89. The molecule has 1 saturated carbocycles. The number of allylic oxidation sites excluding steroid dienone is 1. The van der Waals surface area contributed by atoms with E-state index in [-0.39, 0.29) is 16.8 Å². The Balaban J connectivity index is 2.04. The molecule has 1 aromatic carbocycles. The van der Waals surface area contributed by atoms with E-state index in [1.165, 1.54) is 16.3 Å². The maximum atomic E-state index is 12.5. The number of hydrogen-bond acceptors (Lipinski definition) is 3. The smallest absolute Gasteiger partial charge is 0.244 e. The lowest BCUT2D eigenvalue weighted by Crippen LogP contribution is -2.30. The molecule has 0 heterocycles. The summed E-state index contributed by atoms with van der Waals surface area (Å²) in [6, 6.07) is 6.61. The third-order valence-corrected chi connectivity index (χ3v) is 6.98. The summed E-state index contributed by atoms with van der Waals surface area (Å²) in [5.41, 5.74) is 2.11. The van der Waals surface area contributed by atoms with Crippen molar-refractivity contribution in [1.29, 1.82) is 0 Å². The number of carbonyl (C=O) groups excluding carboxylic acids is 1. The molecule has 0 spiro atoms. The topological polar surface area (TPSA) is 66.5 Å². The van der Waals surface area contributed by atoms with Crippen LogP contribution in [0.2, 0.25) is 0 Å². The van der Waals surface area contributed by atoms with Gasteiger partial charge in [-0.15, -0.1) is 0 Å². The number of rotatable bonds is 7. The predicted octanol–water partition coefficient (Wildman–Crippen LogP) is 3.78. The Morgan fingerprint density at radius 2 is 1.69 bits per heavy atom. The minimum absolute atomic E-state index is 0.0748. The van der Waals surface area contributed by atoms with E-state index in [2.05, 4.69) is 5.32 Å². The molecule has 26 heavy (non-hydrogen) atoms. The van der Waals surface area contributed by atoms with Gasteiger partial charge in [-0.1, -0.05) is 38.0 Å². The van der Waals surface area contributed by atoms with Gasteiger partial charge < -0.3 is 5.32 Å². The molecule has 1 N–H and O–H groups in total. The van der Waals surface area contributed by atoms with E-state index in [0.717, 1.165) is 31.2 Å². The van der Waals surface area contributed by atoms with Gasteiger partial charge in [0.15, 0.2) is 0 Å². The molecular formula is C20H30N2O3S. The van der Waals surface area contributed by atoms with E-state index in [1.807, 2.05) is 20.8 Å². The largest absolute Gasteiger partial charge is 0.346 e. The quantitative estimate of drug-likeness (QED) is 0.734. The van der Waals surface area contributed by atoms with Gasteiger partial charge in [0, 0.05) is 19.2 Å². The Morgan fingerprint density at radius 3 is 2.23 bits per heavy atom. The molecular weight excluding hydrogens is 348 g/mol. The molecule has 1 aromatic rings. The summed E-state index contributed by atoms with van der Waals surface area (Å²) in [4.78, 5) is 12.5. The Kier molecular flexibility index (Phi) is 7.41. The van der Waals surface area contributed by atoms with Crippen molar-refractivity contribution in [2.45, 2.75) is 63.8 Å². The molecule has 1 amide bonds. The molecule has 1 aliphatic rings. The molecule has 0 radical (unpaired) electrons. The van der Waals surface area contributed by atoms with Crippen molar-refractivity contribution in [3.63, 3.8) is 0 Å². The van der Waals surface area contributed by atoms with Crippen molar-refractivity contribution < 1.29 is 13.2 Å². The molecule has 1 unspecified atom stereocenters. The van der Waals surface area contributed by atoms with Crippen LogP contribution >= 0.6 is 0 Å². The number of sulfonamides is 1. The third-order valence-electron chi connectivity index (χ3n) is 4.91. The van der Waals surface area contributed by atoms with Gasteiger partial charge in [0.1, 0.15) is 0 Å². The number of amides is 1. The highest BCUT2D eigenvalue weighted by atomic mass is 32.2. The number of benzene rings is 1. The van der Waals surface area contributed by atoms with Crippen LogP contribution in [-0.4, -0.2) is 31.7 Å². The van der Waals surface area contributed by atoms with E-state index >= 15 is 0 Å². The van der Waals surface area contributed by atoms with Gasteiger partial charge in [0.25, 0.3) is 0 Å². The second-order valence-electron chi connectivity index (χ2n) is 6.75. The third kappa shape index (κ3) is 5.17. The van der Waals surface area contributed by atoms with Crippen molar-refractivity contribution in [2.75, 3.05) is 13.1 Å². The van der Waals surface area contributed by atoms with E-state index in [0.29, 0.717) is 13.1 Å². The summed E-state index contributed by atoms with van der Waals surface area (Å²) in [5.74, 6) is -0.0748. The summed E-state index contributed by atoms with van der Waals surface area (Å²) in [7, 11) is -3.45. The molecule has 5 nitrogen and oxygen atoms in total. The highest BCUT2D eigenvalue weighted by Crippen LogP contribution is 2.23. The van der Waals surface area contributed by atoms with Crippen molar-refractivity contribution >= 4 is 15.9 Å². The predicted molar refractivity (Wildman–Crippen MR) is 104 cm³/mol. The first kappa shape index (κ1) is 20.6. The molecule has 2 rings (SSSR count). The summed E-state index contributed by atoms with van der Waals surface area (Å²) in [5, 5.41) is 2.97. The van der Waals surface area contributed by atoms with Crippen molar-refractivity contribution in [1.82, 2.24) is 9.62 Å². The van der Waals surface area contributed by atoms with Gasteiger partial charge in [-0.25, -0.2) is 8.42 Å². The van der Waals surface area contributed by atoms with E-state index in [4.69, 9.17) is 0 Å². The van der Waals surface area contributed by atoms with Crippen molar-refractivity contribution in [3.8, 4) is 0 Å². The van der Waals surface area contributed by atoms with Gasteiger partial charge in [-0.3, -0.25) is 4.79 Å². The first-order valence-electron chi connectivity index (χ1n) is 9.48. The SMILES string of the molecule is CCN(CC)S(=O)(=O)c1ccc(C(C)NC(=O)C=C2CCCCC2)cc1. The van der Waals surface area contributed by atoms with Crippen LogP contribution < -0.4 is 5.32 Å². The first-order chi connectivity index (χ1) is 12.4. The monoisotopic (exact) mass is 378 g/mol. The van der Waals surface area contributed by atoms with Crippen LogP contribution in [0.5, 0.6) is 0 Å². The fraction of sp³-hybridized carbons (Fsp3) is 0.550. The molecule has 1 fully saturated rings. The Hall–Kier alpha value is -1.66. The molecule has 0 aromatic heterocycles. The standard InChI is InChI=1S/C20H30N2O3S/c1-4-22(5-2)26(24,25)19-13-11-18(12-14-19)16(3)21-20(23)15-17-9-7-6-8-10-17/h11-16H,4-10H2,1-3H3,(H,21,23). The van der Waals surface area contributed by atoms with Crippen LogP contribution in [0.3, 0.4) is 0 Å². The zero-order chi connectivity index (χ0) is 19.2. The van der Waals surface area contributed by atoms with Gasteiger partial charge in [-0.2, -0.15) is 4.31 Å². The number of carbonyl (C=O) groups is 1. The maximum Gasteiger partial charge on any atom is 0.244 e. The lowest BCUT2D eigenvalue weighted by Gasteiger charge is -2.19. The molecule has 6 heteroatoms. The fourth-order valence-corrected chi connectivity index (χ4v) is 4.77. The summed E-state index contributed by atoms with van der Waals surface area (Å²) >= 11 is 0. The summed E-state index contributed by atoms with van der Waals surface area (Å²) < 4.78 is 26.5. The van der Waals surface area contributed by atoms with Gasteiger partial charge in [0.05, 0.1) is 10.9 Å². The molecule has 0 aliphatic heterocycles. The van der Waals surface area contributed by atoms with Crippen LogP contribution in [0.25, 0.3) is 0 Å². The second kappa shape index (κ2) is 9.33. The zero-order valence-electron chi connectivity index (χ0n) is 16.0. The maximum absolute atomic E-state index is 12.5. The number of hydrogen-bond donors (Lipinski definition) is 1. The van der Waals surface area contributed by atoms with E-state index < -0.39 is 10.0 Å². The molecule has 0 bridgehead atoms. The molecule has 1 aliphatic carbocycles. The summed E-state index contributed by atoms with van der Waals surface area (Å²) in [6.45, 7) is 6.45. The lowest BCUT2D eigenvalue weighted by atomic mass is 9.94. The van der Waals surface area contributed by atoms with Crippen LogP contribution in [-0.2, 0) is 14.8 Å². The first-order valence-corrected chi connectivity index (χ1v) is 10.9. The lowest BCUT2D eigenvalue weighted by molar-refractivity contribution is -0.117.